The fourth-order valence-electron chi connectivity index (χ4n) is 1.91. The van der Waals surface area contributed by atoms with E-state index in [1.165, 1.54) is 0 Å². The van der Waals surface area contributed by atoms with Crippen molar-refractivity contribution < 1.29 is 9.59 Å². The minimum absolute atomic E-state index is 0.0165. The van der Waals surface area contributed by atoms with Gasteiger partial charge in [0.1, 0.15) is 0 Å². The van der Waals surface area contributed by atoms with Crippen molar-refractivity contribution in [2.75, 3.05) is 26.2 Å². The van der Waals surface area contributed by atoms with Gasteiger partial charge in [0.05, 0.1) is 0 Å². The first-order valence-corrected chi connectivity index (χ1v) is 6.38. The first-order valence-electron chi connectivity index (χ1n) is 6.38. The summed E-state index contributed by atoms with van der Waals surface area (Å²) in [7, 11) is 0. The van der Waals surface area contributed by atoms with E-state index in [4.69, 9.17) is 5.73 Å². The van der Waals surface area contributed by atoms with Crippen molar-refractivity contribution in [1.82, 2.24) is 10.2 Å². The van der Waals surface area contributed by atoms with Crippen molar-refractivity contribution in [3.63, 3.8) is 0 Å². The first kappa shape index (κ1) is 14.0. The molecule has 5 heteroatoms. The van der Waals surface area contributed by atoms with Crippen molar-refractivity contribution in [2.24, 2.45) is 11.7 Å². The average molecular weight is 241 g/mol. The molecule has 1 heterocycles. The summed E-state index contributed by atoms with van der Waals surface area (Å²) in [5, 5.41) is 2.76. The van der Waals surface area contributed by atoms with Crippen LogP contribution in [0.5, 0.6) is 0 Å². The third kappa shape index (κ3) is 5.17. The van der Waals surface area contributed by atoms with E-state index >= 15 is 0 Å². The zero-order valence-electron chi connectivity index (χ0n) is 10.6. The molecule has 2 amide bonds. The van der Waals surface area contributed by atoms with Gasteiger partial charge in [0.15, 0.2) is 0 Å². The van der Waals surface area contributed by atoms with Gasteiger partial charge in [0, 0.05) is 32.5 Å². The lowest BCUT2D eigenvalue weighted by Crippen LogP contribution is -2.33. The Bertz CT molecular complexity index is 262. The van der Waals surface area contributed by atoms with Crippen LogP contribution in [0.25, 0.3) is 0 Å². The molecule has 1 atom stereocenters. The Labute approximate surface area is 103 Å². The van der Waals surface area contributed by atoms with Gasteiger partial charge >= 0.3 is 0 Å². The molecule has 0 radical (unpaired) electrons. The molecule has 0 aromatic heterocycles. The second kappa shape index (κ2) is 7.27. The second-order valence-corrected chi connectivity index (χ2v) is 4.73. The van der Waals surface area contributed by atoms with Crippen LogP contribution in [0.4, 0.5) is 0 Å². The summed E-state index contributed by atoms with van der Waals surface area (Å²) < 4.78 is 0. The molecule has 1 saturated heterocycles. The number of amides is 2. The maximum Gasteiger partial charge on any atom is 0.224 e. The molecule has 1 aliphatic rings. The van der Waals surface area contributed by atoms with Crippen LogP contribution in [0.3, 0.4) is 0 Å². The Morgan fingerprint density at radius 2 is 2.00 bits per heavy atom. The normalized spacial score (nSPS) is 16.9. The molecule has 1 unspecified atom stereocenters. The van der Waals surface area contributed by atoms with Crippen LogP contribution in [0, 0.1) is 5.92 Å². The number of hydrogen-bond acceptors (Lipinski definition) is 3. The molecule has 0 aromatic carbocycles. The van der Waals surface area contributed by atoms with Gasteiger partial charge in [-0.1, -0.05) is 6.92 Å². The maximum atomic E-state index is 11.7. The lowest BCUT2D eigenvalue weighted by molar-refractivity contribution is -0.130. The van der Waals surface area contributed by atoms with Crippen molar-refractivity contribution in [2.45, 2.75) is 32.6 Å². The smallest absolute Gasteiger partial charge is 0.224 e. The van der Waals surface area contributed by atoms with Gasteiger partial charge < -0.3 is 16.0 Å². The van der Waals surface area contributed by atoms with Gasteiger partial charge in [-0.05, 0) is 25.3 Å². The van der Waals surface area contributed by atoms with E-state index in [9.17, 15) is 9.59 Å². The van der Waals surface area contributed by atoms with E-state index in [2.05, 4.69) is 5.32 Å². The Balaban J connectivity index is 2.10. The first-order chi connectivity index (χ1) is 8.13. The van der Waals surface area contributed by atoms with Crippen molar-refractivity contribution in [3.8, 4) is 0 Å². The molecular weight excluding hydrogens is 218 g/mol. The van der Waals surface area contributed by atoms with Crippen LogP contribution in [0.2, 0.25) is 0 Å². The summed E-state index contributed by atoms with van der Waals surface area (Å²) in [5.41, 5.74) is 5.44. The van der Waals surface area contributed by atoms with Gasteiger partial charge in [-0.2, -0.15) is 0 Å². The van der Waals surface area contributed by atoms with Gasteiger partial charge in [0.2, 0.25) is 11.8 Å². The Kier molecular flexibility index (Phi) is 5.97. The van der Waals surface area contributed by atoms with Gasteiger partial charge in [-0.15, -0.1) is 0 Å². The van der Waals surface area contributed by atoms with E-state index in [-0.39, 0.29) is 17.7 Å². The largest absolute Gasteiger partial charge is 0.356 e. The van der Waals surface area contributed by atoms with Gasteiger partial charge in [-0.25, -0.2) is 0 Å². The molecule has 0 aromatic rings. The third-order valence-corrected chi connectivity index (χ3v) is 3.06. The lowest BCUT2D eigenvalue weighted by Gasteiger charge is -2.15. The molecular formula is C12H23N3O2. The van der Waals surface area contributed by atoms with E-state index < -0.39 is 0 Å². The van der Waals surface area contributed by atoms with E-state index in [0.717, 1.165) is 25.9 Å². The van der Waals surface area contributed by atoms with E-state index in [1.807, 2.05) is 11.8 Å². The molecule has 1 rings (SSSR count). The number of hydrogen-bond donors (Lipinski definition) is 2. The molecule has 17 heavy (non-hydrogen) atoms. The standard InChI is InChI=1S/C12H23N3O2/c1-10(9-13)8-11(16)14-5-4-12(17)15-6-2-3-7-15/h10H,2-9,13H2,1H3,(H,14,16). The predicted octanol–water partition coefficient (Wildman–Crippen LogP) is 0.100. The highest BCUT2D eigenvalue weighted by Crippen LogP contribution is 2.08. The zero-order chi connectivity index (χ0) is 12.7. The lowest BCUT2D eigenvalue weighted by atomic mass is 10.1. The molecule has 0 aliphatic carbocycles. The van der Waals surface area contributed by atoms with E-state index in [0.29, 0.717) is 25.9 Å². The number of likely N-dealkylation sites (tertiary alicyclic amines) is 1. The number of nitrogens with zero attached hydrogens (tertiary/aromatic N) is 1. The molecule has 0 saturated carbocycles. The van der Waals surface area contributed by atoms with Crippen molar-refractivity contribution >= 4 is 11.8 Å². The van der Waals surface area contributed by atoms with Crippen LogP contribution in [-0.2, 0) is 9.59 Å². The van der Waals surface area contributed by atoms with Crippen LogP contribution in [-0.4, -0.2) is 42.9 Å². The molecule has 98 valence electrons. The number of nitrogens with two attached hydrogens (primary N) is 1. The van der Waals surface area contributed by atoms with Gasteiger partial charge in [-0.3, -0.25) is 9.59 Å². The number of rotatable bonds is 6. The third-order valence-electron chi connectivity index (χ3n) is 3.06. The van der Waals surface area contributed by atoms with Gasteiger partial charge in [0.25, 0.3) is 0 Å². The summed E-state index contributed by atoms with van der Waals surface area (Å²) in [4.78, 5) is 25.0. The fourth-order valence-corrected chi connectivity index (χ4v) is 1.91. The molecule has 0 spiro atoms. The summed E-state index contributed by atoms with van der Waals surface area (Å²) in [6.45, 7) is 4.63. The Morgan fingerprint density at radius 3 is 2.59 bits per heavy atom. The molecule has 0 bridgehead atoms. The summed E-state index contributed by atoms with van der Waals surface area (Å²) in [6, 6.07) is 0. The topological polar surface area (TPSA) is 75.4 Å². The van der Waals surface area contributed by atoms with E-state index in [1.54, 1.807) is 0 Å². The van der Waals surface area contributed by atoms with Crippen molar-refractivity contribution in [3.05, 3.63) is 0 Å². The predicted molar refractivity (Wildman–Crippen MR) is 66.3 cm³/mol. The number of nitrogens with one attached hydrogen (secondary N) is 1. The molecule has 1 fully saturated rings. The molecule has 1 aliphatic heterocycles. The Morgan fingerprint density at radius 1 is 1.35 bits per heavy atom. The number of carbonyl (C=O) groups excluding carboxylic acids is 2. The highest BCUT2D eigenvalue weighted by molar-refractivity contribution is 5.79. The van der Waals surface area contributed by atoms with Crippen LogP contribution in [0.15, 0.2) is 0 Å². The minimum atomic E-state index is -0.0165. The van der Waals surface area contributed by atoms with Crippen LogP contribution in [0.1, 0.15) is 32.6 Å². The average Bonchev–Trinajstić information content (AvgIpc) is 2.82. The summed E-state index contributed by atoms with van der Waals surface area (Å²) in [5.74, 6) is 0.330. The highest BCUT2D eigenvalue weighted by Gasteiger charge is 2.17. The molecule has 3 N–H and O–H groups in total. The zero-order valence-corrected chi connectivity index (χ0v) is 10.6. The summed E-state index contributed by atoms with van der Waals surface area (Å²) >= 11 is 0. The quantitative estimate of drug-likeness (QED) is 0.692. The SMILES string of the molecule is CC(CN)CC(=O)NCCC(=O)N1CCCC1. The number of carbonyl (C=O) groups is 2. The Hall–Kier alpha value is -1.10. The van der Waals surface area contributed by atoms with Crippen LogP contribution >= 0.6 is 0 Å². The highest BCUT2D eigenvalue weighted by atomic mass is 16.2. The monoisotopic (exact) mass is 241 g/mol. The van der Waals surface area contributed by atoms with Crippen LogP contribution < -0.4 is 11.1 Å². The molecule has 5 nitrogen and oxygen atoms in total. The van der Waals surface area contributed by atoms with Crippen molar-refractivity contribution in [1.29, 1.82) is 0 Å². The second-order valence-electron chi connectivity index (χ2n) is 4.73. The minimum Gasteiger partial charge on any atom is -0.356 e. The maximum absolute atomic E-state index is 11.7. The fraction of sp³-hybridized carbons (Fsp3) is 0.833. The summed E-state index contributed by atoms with van der Waals surface area (Å²) in [6.07, 6.45) is 3.05.